The average Bonchev–Trinajstić information content (AvgIpc) is 2.58. The van der Waals surface area contributed by atoms with Crippen molar-refractivity contribution in [2.45, 2.75) is 44.8 Å². The molecule has 1 aromatic carbocycles. The van der Waals surface area contributed by atoms with Crippen molar-refractivity contribution < 1.29 is 5.11 Å². The minimum Gasteiger partial charge on any atom is -0.390 e. The molecule has 24 heavy (non-hydrogen) atoms. The largest absolute Gasteiger partial charge is 0.390 e. The number of likely N-dealkylation sites (tertiary alicyclic amines) is 1. The molecule has 1 saturated heterocycles. The SMILES string of the molecule is Cc1ccccc1CCC1(O)CCN(Cc2ccc[nH]c2=O)CC1. The molecule has 2 heterocycles. The van der Waals surface area contributed by atoms with Gasteiger partial charge in [0.25, 0.3) is 5.56 Å². The fourth-order valence-electron chi connectivity index (χ4n) is 3.46. The van der Waals surface area contributed by atoms with Gasteiger partial charge in [0.05, 0.1) is 5.60 Å². The van der Waals surface area contributed by atoms with Crippen LogP contribution in [0.15, 0.2) is 47.4 Å². The van der Waals surface area contributed by atoms with Crippen LogP contribution in [-0.2, 0) is 13.0 Å². The molecule has 0 amide bonds. The molecule has 1 aromatic heterocycles. The van der Waals surface area contributed by atoms with Crippen LogP contribution in [0.3, 0.4) is 0 Å². The second-order valence-corrected chi connectivity index (χ2v) is 6.95. The first-order chi connectivity index (χ1) is 11.6. The summed E-state index contributed by atoms with van der Waals surface area (Å²) in [6.45, 7) is 4.45. The van der Waals surface area contributed by atoms with Gasteiger partial charge in [-0.15, -0.1) is 0 Å². The minimum atomic E-state index is -0.581. The number of benzene rings is 1. The topological polar surface area (TPSA) is 56.3 Å². The Hall–Kier alpha value is -1.91. The quantitative estimate of drug-likeness (QED) is 0.888. The van der Waals surface area contributed by atoms with E-state index in [0.717, 1.165) is 44.3 Å². The predicted octanol–water partition coefficient (Wildman–Crippen LogP) is 2.64. The molecule has 0 radical (unpaired) electrons. The molecule has 0 atom stereocenters. The molecule has 3 rings (SSSR count). The standard InChI is InChI=1S/C20H26N2O2/c1-16-5-2-3-6-17(16)8-9-20(24)10-13-22(14-11-20)15-18-7-4-12-21-19(18)23/h2-7,12,24H,8-11,13-15H2,1H3,(H,21,23). The Bertz CT molecular complexity index is 730. The molecule has 0 aliphatic carbocycles. The summed E-state index contributed by atoms with van der Waals surface area (Å²) >= 11 is 0. The van der Waals surface area contributed by atoms with E-state index in [1.807, 2.05) is 12.1 Å². The first-order valence-electron chi connectivity index (χ1n) is 8.72. The van der Waals surface area contributed by atoms with Gasteiger partial charge in [-0.25, -0.2) is 0 Å². The summed E-state index contributed by atoms with van der Waals surface area (Å²) in [5.74, 6) is 0. The van der Waals surface area contributed by atoms with Crippen LogP contribution in [0.25, 0.3) is 0 Å². The molecular formula is C20H26N2O2. The van der Waals surface area contributed by atoms with Crippen molar-refractivity contribution in [3.05, 3.63) is 69.6 Å². The molecule has 1 aliphatic heterocycles. The maximum absolute atomic E-state index is 11.8. The van der Waals surface area contributed by atoms with Gasteiger partial charge in [0, 0.05) is 31.4 Å². The summed E-state index contributed by atoms with van der Waals surface area (Å²) in [6.07, 6.45) is 4.92. The number of aromatic amines is 1. The molecule has 0 bridgehead atoms. The van der Waals surface area contributed by atoms with Crippen molar-refractivity contribution in [3.8, 4) is 0 Å². The summed E-state index contributed by atoms with van der Waals surface area (Å²) in [6, 6.07) is 12.1. The number of hydrogen-bond acceptors (Lipinski definition) is 3. The Morgan fingerprint density at radius 2 is 1.83 bits per heavy atom. The molecule has 1 aliphatic rings. The van der Waals surface area contributed by atoms with Crippen LogP contribution >= 0.6 is 0 Å². The third-order valence-electron chi connectivity index (χ3n) is 5.20. The summed E-state index contributed by atoms with van der Waals surface area (Å²) in [7, 11) is 0. The number of rotatable bonds is 5. The molecule has 2 aromatic rings. The highest BCUT2D eigenvalue weighted by molar-refractivity contribution is 5.25. The van der Waals surface area contributed by atoms with E-state index in [4.69, 9.17) is 0 Å². The van der Waals surface area contributed by atoms with Crippen LogP contribution in [0.1, 0.15) is 36.0 Å². The lowest BCUT2D eigenvalue weighted by atomic mass is 9.85. The van der Waals surface area contributed by atoms with Crippen molar-refractivity contribution in [1.82, 2.24) is 9.88 Å². The van der Waals surface area contributed by atoms with E-state index in [1.165, 1.54) is 11.1 Å². The van der Waals surface area contributed by atoms with Gasteiger partial charge in [0.15, 0.2) is 0 Å². The molecule has 0 unspecified atom stereocenters. The fourth-order valence-corrected chi connectivity index (χ4v) is 3.46. The monoisotopic (exact) mass is 326 g/mol. The Labute approximate surface area is 143 Å². The molecule has 1 fully saturated rings. The van der Waals surface area contributed by atoms with Crippen molar-refractivity contribution >= 4 is 0 Å². The van der Waals surface area contributed by atoms with E-state index in [1.54, 1.807) is 6.20 Å². The van der Waals surface area contributed by atoms with Crippen LogP contribution in [0.5, 0.6) is 0 Å². The van der Waals surface area contributed by atoms with Gasteiger partial charge < -0.3 is 10.1 Å². The smallest absolute Gasteiger partial charge is 0.252 e. The minimum absolute atomic E-state index is 0.0158. The second kappa shape index (κ2) is 7.32. The van der Waals surface area contributed by atoms with Gasteiger partial charge >= 0.3 is 0 Å². The Balaban J connectivity index is 1.53. The van der Waals surface area contributed by atoms with E-state index < -0.39 is 5.60 Å². The first kappa shape index (κ1) is 16.9. The number of aromatic nitrogens is 1. The lowest BCUT2D eigenvalue weighted by molar-refractivity contribution is -0.0291. The Morgan fingerprint density at radius 3 is 2.54 bits per heavy atom. The molecule has 4 heteroatoms. The first-order valence-corrected chi connectivity index (χ1v) is 8.72. The molecule has 128 valence electrons. The normalized spacial score (nSPS) is 17.8. The van der Waals surface area contributed by atoms with Crippen LogP contribution < -0.4 is 5.56 Å². The van der Waals surface area contributed by atoms with Crippen molar-refractivity contribution in [2.24, 2.45) is 0 Å². The average molecular weight is 326 g/mol. The van der Waals surface area contributed by atoms with Gasteiger partial charge in [0.2, 0.25) is 0 Å². The summed E-state index contributed by atoms with van der Waals surface area (Å²) in [5.41, 5.74) is 2.81. The fraction of sp³-hybridized carbons (Fsp3) is 0.450. The maximum Gasteiger partial charge on any atom is 0.252 e. The van der Waals surface area contributed by atoms with E-state index >= 15 is 0 Å². The number of aliphatic hydroxyl groups is 1. The highest BCUT2D eigenvalue weighted by atomic mass is 16.3. The zero-order chi connectivity index (χ0) is 17.0. The van der Waals surface area contributed by atoms with Crippen molar-refractivity contribution in [1.29, 1.82) is 0 Å². The number of piperidine rings is 1. The van der Waals surface area contributed by atoms with E-state index in [2.05, 4.69) is 41.1 Å². The van der Waals surface area contributed by atoms with Gasteiger partial charge in [0.1, 0.15) is 0 Å². The Kier molecular flexibility index (Phi) is 5.17. The van der Waals surface area contributed by atoms with Crippen molar-refractivity contribution in [2.75, 3.05) is 13.1 Å². The zero-order valence-corrected chi connectivity index (χ0v) is 14.3. The molecular weight excluding hydrogens is 300 g/mol. The van der Waals surface area contributed by atoms with E-state index in [-0.39, 0.29) is 5.56 Å². The molecule has 4 nitrogen and oxygen atoms in total. The third-order valence-corrected chi connectivity index (χ3v) is 5.20. The molecule has 2 N–H and O–H groups in total. The van der Waals surface area contributed by atoms with Crippen LogP contribution in [-0.4, -0.2) is 33.7 Å². The summed E-state index contributed by atoms with van der Waals surface area (Å²) < 4.78 is 0. The summed E-state index contributed by atoms with van der Waals surface area (Å²) in [4.78, 5) is 16.8. The van der Waals surface area contributed by atoms with Gasteiger partial charge in [-0.2, -0.15) is 0 Å². The molecule has 0 spiro atoms. The predicted molar refractivity (Wildman–Crippen MR) is 96.0 cm³/mol. The summed E-state index contributed by atoms with van der Waals surface area (Å²) in [5, 5.41) is 10.9. The number of nitrogens with one attached hydrogen (secondary N) is 1. The lowest BCUT2D eigenvalue weighted by Crippen LogP contribution is -2.44. The highest BCUT2D eigenvalue weighted by Crippen LogP contribution is 2.28. The van der Waals surface area contributed by atoms with Crippen molar-refractivity contribution in [3.63, 3.8) is 0 Å². The molecule has 0 saturated carbocycles. The van der Waals surface area contributed by atoms with Gasteiger partial charge in [-0.05, 0) is 49.8 Å². The number of aryl methyl sites for hydroxylation is 2. The van der Waals surface area contributed by atoms with E-state index in [0.29, 0.717) is 6.54 Å². The van der Waals surface area contributed by atoms with Crippen LogP contribution in [0.4, 0.5) is 0 Å². The van der Waals surface area contributed by atoms with Crippen LogP contribution in [0, 0.1) is 6.92 Å². The van der Waals surface area contributed by atoms with Gasteiger partial charge in [-0.1, -0.05) is 30.3 Å². The second-order valence-electron chi connectivity index (χ2n) is 6.95. The zero-order valence-electron chi connectivity index (χ0n) is 14.3. The lowest BCUT2D eigenvalue weighted by Gasteiger charge is -2.38. The highest BCUT2D eigenvalue weighted by Gasteiger charge is 2.32. The number of H-pyrrole nitrogens is 1. The third kappa shape index (κ3) is 4.13. The Morgan fingerprint density at radius 1 is 1.12 bits per heavy atom. The van der Waals surface area contributed by atoms with Gasteiger partial charge in [-0.3, -0.25) is 9.69 Å². The number of pyridine rings is 1. The van der Waals surface area contributed by atoms with E-state index in [9.17, 15) is 9.90 Å². The maximum atomic E-state index is 11.8. The van der Waals surface area contributed by atoms with Crippen LogP contribution in [0.2, 0.25) is 0 Å². The number of nitrogens with zero attached hydrogens (tertiary/aromatic N) is 1. The number of hydrogen-bond donors (Lipinski definition) is 2.